The molecule has 0 fully saturated rings. The molecule has 0 aromatic carbocycles. The lowest BCUT2D eigenvalue weighted by Crippen LogP contribution is -2.06. The normalized spacial score (nSPS) is 10.2. The van der Waals surface area contributed by atoms with Crippen LogP contribution in [-0.2, 0) is 7.05 Å². The van der Waals surface area contributed by atoms with E-state index < -0.39 is 5.97 Å². The Morgan fingerprint density at radius 1 is 1.65 bits per heavy atom. The topological polar surface area (TPSA) is 108 Å². The number of nitrogens with zero attached hydrogens (tertiary/aromatic N) is 4. The number of rotatable bonds is 2. The summed E-state index contributed by atoms with van der Waals surface area (Å²) < 4.78 is 1.24. The number of nitriles is 1. The molecule has 0 atom stereocenters. The van der Waals surface area contributed by atoms with Crippen LogP contribution in [0.25, 0.3) is 11.4 Å². The molecule has 0 aliphatic carbocycles. The first-order valence-electron chi connectivity index (χ1n) is 4.77. The van der Waals surface area contributed by atoms with E-state index in [0.29, 0.717) is 5.69 Å². The van der Waals surface area contributed by atoms with E-state index in [1.54, 1.807) is 6.07 Å². The number of hydrogen-bond acceptors (Lipinski definition) is 4. The van der Waals surface area contributed by atoms with E-state index in [1.807, 2.05) is 13.0 Å². The number of carbonyl (C=O) groups is 1. The number of aryl methyl sites for hydroxylation is 1. The predicted molar refractivity (Wildman–Crippen MR) is 57.2 cm³/mol. The highest BCUT2D eigenvalue weighted by atomic mass is 16.4. The third-order valence-corrected chi connectivity index (χ3v) is 2.34. The quantitative estimate of drug-likeness (QED) is 0.790. The summed E-state index contributed by atoms with van der Waals surface area (Å²) >= 11 is 0. The highest BCUT2D eigenvalue weighted by Gasteiger charge is 2.21. The van der Waals surface area contributed by atoms with Crippen LogP contribution >= 0.6 is 0 Å². The third-order valence-electron chi connectivity index (χ3n) is 2.34. The zero-order valence-corrected chi connectivity index (χ0v) is 9.22. The van der Waals surface area contributed by atoms with Gasteiger partial charge in [0.25, 0.3) is 0 Å². The largest absolute Gasteiger partial charge is 0.475 e. The summed E-state index contributed by atoms with van der Waals surface area (Å²) in [6, 6.07) is 3.63. The molecule has 0 spiro atoms. The van der Waals surface area contributed by atoms with Crippen LogP contribution in [0.1, 0.15) is 22.0 Å². The fourth-order valence-electron chi connectivity index (χ4n) is 1.54. The molecular weight excluding hydrogens is 222 g/mol. The van der Waals surface area contributed by atoms with Crippen LogP contribution < -0.4 is 0 Å². The van der Waals surface area contributed by atoms with E-state index in [-0.39, 0.29) is 17.2 Å². The second-order valence-electron chi connectivity index (χ2n) is 3.54. The lowest BCUT2D eigenvalue weighted by Gasteiger charge is -1.94. The van der Waals surface area contributed by atoms with Crippen LogP contribution in [0.5, 0.6) is 0 Å². The van der Waals surface area contributed by atoms with Gasteiger partial charge in [-0.15, -0.1) is 0 Å². The van der Waals surface area contributed by atoms with Gasteiger partial charge in [-0.3, -0.25) is 5.10 Å². The molecule has 2 heterocycles. The Morgan fingerprint density at radius 3 is 2.82 bits per heavy atom. The molecule has 0 radical (unpaired) electrons. The average Bonchev–Trinajstić information content (AvgIpc) is 2.82. The molecule has 2 aromatic heterocycles. The molecule has 0 unspecified atom stereocenters. The Bertz CT molecular complexity index is 632. The standard InChI is InChI=1S/C10H9N5O2/c1-5-3-6(14-13-5)8-7(4-11)15(2)9(12-8)10(16)17/h3H,1-2H3,(H,13,14)(H,16,17). The Morgan fingerprint density at radius 2 is 2.35 bits per heavy atom. The van der Waals surface area contributed by atoms with E-state index >= 15 is 0 Å². The van der Waals surface area contributed by atoms with Gasteiger partial charge in [-0.25, -0.2) is 9.78 Å². The van der Waals surface area contributed by atoms with Crippen molar-refractivity contribution in [3.8, 4) is 17.5 Å². The minimum atomic E-state index is -1.18. The first kappa shape index (κ1) is 10.9. The van der Waals surface area contributed by atoms with Gasteiger partial charge in [0, 0.05) is 12.7 Å². The maximum Gasteiger partial charge on any atom is 0.372 e. The van der Waals surface area contributed by atoms with Gasteiger partial charge in [0.05, 0.1) is 0 Å². The molecule has 0 amide bonds. The van der Waals surface area contributed by atoms with Gasteiger partial charge >= 0.3 is 5.97 Å². The van der Waals surface area contributed by atoms with Gasteiger partial charge in [-0.05, 0) is 13.0 Å². The monoisotopic (exact) mass is 231 g/mol. The second kappa shape index (κ2) is 3.75. The first-order valence-corrected chi connectivity index (χ1v) is 4.77. The maximum absolute atomic E-state index is 10.9. The molecule has 86 valence electrons. The Hall–Kier alpha value is -2.62. The minimum absolute atomic E-state index is 0.175. The minimum Gasteiger partial charge on any atom is -0.475 e. The zero-order valence-electron chi connectivity index (χ0n) is 9.22. The van der Waals surface area contributed by atoms with Crippen molar-refractivity contribution < 1.29 is 9.90 Å². The number of hydrogen-bond donors (Lipinski definition) is 2. The van der Waals surface area contributed by atoms with Gasteiger partial charge in [0.15, 0.2) is 0 Å². The number of carboxylic acids is 1. The predicted octanol–water partition coefficient (Wildman–Crippen LogP) is 0.688. The van der Waals surface area contributed by atoms with E-state index in [1.165, 1.54) is 11.6 Å². The van der Waals surface area contributed by atoms with Crippen LogP contribution in [0.15, 0.2) is 6.07 Å². The average molecular weight is 231 g/mol. The molecule has 0 saturated heterocycles. The summed E-state index contributed by atoms with van der Waals surface area (Å²) in [5.74, 6) is -1.36. The summed E-state index contributed by atoms with van der Waals surface area (Å²) in [4.78, 5) is 14.8. The third kappa shape index (κ3) is 1.65. The highest BCUT2D eigenvalue weighted by Crippen LogP contribution is 2.21. The van der Waals surface area contributed by atoms with Crippen LogP contribution in [0.4, 0.5) is 0 Å². The van der Waals surface area contributed by atoms with E-state index in [4.69, 9.17) is 10.4 Å². The highest BCUT2D eigenvalue weighted by molar-refractivity contribution is 5.85. The number of nitrogens with one attached hydrogen (secondary N) is 1. The summed E-state index contributed by atoms with van der Waals surface area (Å²) in [6.07, 6.45) is 0. The molecule has 0 saturated carbocycles. The van der Waals surface area contributed by atoms with Crippen LogP contribution in [0, 0.1) is 18.3 Å². The van der Waals surface area contributed by atoms with Gasteiger partial charge in [-0.1, -0.05) is 0 Å². The summed E-state index contributed by atoms with van der Waals surface area (Å²) in [5.41, 5.74) is 1.72. The van der Waals surface area contributed by atoms with Crippen molar-refractivity contribution in [1.29, 1.82) is 5.26 Å². The van der Waals surface area contributed by atoms with Crippen LogP contribution in [0.2, 0.25) is 0 Å². The summed E-state index contributed by atoms with van der Waals surface area (Å²) in [7, 11) is 1.48. The molecule has 7 heteroatoms. The number of aromatic carboxylic acids is 1. The Labute approximate surface area is 96.3 Å². The van der Waals surface area contributed by atoms with Gasteiger partial charge in [-0.2, -0.15) is 10.4 Å². The Kier molecular flexibility index (Phi) is 2.40. The number of H-pyrrole nitrogens is 1. The number of aromatic amines is 1. The molecule has 0 aliphatic heterocycles. The molecule has 7 nitrogen and oxygen atoms in total. The molecule has 2 aromatic rings. The fraction of sp³-hybridized carbons (Fsp3) is 0.200. The number of imidazole rings is 1. The van der Waals surface area contributed by atoms with E-state index in [9.17, 15) is 4.79 Å². The smallest absolute Gasteiger partial charge is 0.372 e. The lowest BCUT2D eigenvalue weighted by molar-refractivity contribution is 0.0679. The van der Waals surface area contributed by atoms with E-state index in [0.717, 1.165) is 5.69 Å². The van der Waals surface area contributed by atoms with Crippen molar-refractivity contribution in [3.05, 3.63) is 23.3 Å². The fourth-order valence-corrected chi connectivity index (χ4v) is 1.54. The summed E-state index contributed by atoms with van der Waals surface area (Å²) in [5, 5.41) is 24.6. The van der Waals surface area contributed by atoms with Crippen molar-refractivity contribution >= 4 is 5.97 Å². The molecule has 0 aliphatic rings. The van der Waals surface area contributed by atoms with Crippen molar-refractivity contribution in [2.24, 2.45) is 7.05 Å². The zero-order chi connectivity index (χ0) is 12.6. The van der Waals surface area contributed by atoms with Crippen molar-refractivity contribution in [2.75, 3.05) is 0 Å². The number of aromatic nitrogens is 4. The number of carboxylic acid groups (broad SMARTS) is 1. The van der Waals surface area contributed by atoms with Gasteiger partial charge in [0.2, 0.25) is 5.82 Å². The Balaban J connectivity index is 2.67. The molecule has 0 bridgehead atoms. The van der Waals surface area contributed by atoms with Crippen molar-refractivity contribution in [3.63, 3.8) is 0 Å². The molecular formula is C10H9N5O2. The van der Waals surface area contributed by atoms with E-state index in [2.05, 4.69) is 15.2 Å². The SMILES string of the molecule is Cc1cc(-c2nc(C(=O)O)n(C)c2C#N)n[nH]1. The first-order chi connectivity index (χ1) is 8.04. The van der Waals surface area contributed by atoms with Gasteiger partial charge < -0.3 is 9.67 Å². The maximum atomic E-state index is 10.9. The summed E-state index contributed by atoms with van der Waals surface area (Å²) in [6.45, 7) is 1.81. The van der Waals surface area contributed by atoms with Crippen LogP contribution in [-0.4, -0.2) is 30.8 Å². The molecule has 2 N–H and O–H groups in total. The lowest BCUT2D eigenvalue weighted by atomic mass is 10.2. The second-order valence-corrected chi connectivity index (χ2v) is 3.54. The van der Waals surface area contributed by atoms with Crippen LogP contribution in [0.3, 0.4) is 0 Å². The van der Waals surface area contributed by atoms with Crippen molar-refractivity contribution in [2.45, 2.75) is 6.92 Å². The molecule has 2 rings (SSSR count). The molecule has 17 heavy (non-hydrogen) atoms. The van der Waals surface area contributed by atoms with Gasteiger partial charge in [0.1, 0.15) is 23.2 Å². The van der Waals surface area contributed by atoms with Crippen molar-refractivity contribution in [1.82, 2.24) is 19.7 Å².